The first-order chi connectivity index (χ1) is 8.86. The highest BCUT2D eigenvalue weighted by atomic mass is 35.5. The Kier molecular flexibility index (Phi) is 5.36. The zero-order valence-corrected chi connectivity index (χ0v) is 12.0. The number of rotatable bonds is 5. The summed E-state index contributed by atoms with van der Waals surface area (Å²) in [5.41, 5.74) is 1.16. The molecule has 0 heterocycles. The number of aryl methyl sites for hydroxylation is 1. The zero-order chi connectivity index (χ0) is 14.6. The van der Waals surface area contributed by atoms with Gasteiger partial charge in [-0.25, -0.2) is 4.79 Å². The van der Waals surface area contributed by atoms with Gasteiger partial charge < -0.3 is 10.4 Å². The van der Waals surface area contributed by atoms with Crippen LogP contribution in [0.3, 0.4) is 0 Å². The van der Waals surface area contributed by atoms with Crippen molar-refractivity contribution in [2.75, 3.05) is 0 Å². The fourth-order valence-electron chi connectivity index (χ4n) is 1.78. The van der Waals surface area contributed by atoms with Crippen LogP contribution < -0.4 is 5.32 Å². The molecule has 5 heteroatoms. The van der Waals surface area contributed by atoms with Crippen molar-refractivity contribution in [3.8, 4) is 0 Å². The summed E-state index contributed by atoms with van der Waals surface area (Å²) in [5, 5.41) is 12.3. The van der Waals surface area contributed by atoms with Crippen LogP contribution in [0.15, 0.2) is 18.2 Å². The Morgan fingerprint density at radius 3 is 2.53 bits per heavy atom. The van der Waals surface area contributed by atoms with Gasteiger partial charge in [0.1, 0.15) is 6.04 Å². The Balaban J connectivity index is 2.91. The normalized spacial score (nSPS) is 13.7. The minimum Gasteiger partial charge on any atom is -0.480 e. The van der Waals surface area contributed by atoms with Crippen LogP contribution in [-0.4, -0.2) is 23.0 Å². The smallest absolute Gasteiger partial charge is 0.326 e. The first-order valence-corrected chi connectivity index (χ1v) is 6.54. The number of carboxylic acids is 1. The molecule has 2 N–H and O–H groups in total. The third-order valence-corrected chi connectivity index (χ3v) is 3.43. The van der Waals surface area contributed by atoms with Gasteiger partial charge in [0, 0.05) is 10.6 Å². The van der Waals surface area contributed by atoms with E-state index in [0.717, 1.165) is 5.56 Å². The molecule has 19 heavy (non-hydrogen) atoms. The van der Waals surface area contributed by atoms with Crippen LogP contribution in [-0.2, 0) is 4.79 Å². The van der Waals surface area contributed by atoms with E-state index >= 15 is 0 Å². The van der Waals surface area contributed by atoms with Gasteiger partial charge in [-0.1, -0.05) is 31.9 Å². The molecule has 4 nitrogen and oxygen atoms in total. The Bertz CT molecular complexity index is 488. The summed E-state index contributed by atoms with van der Waals surface area (Å²) in [6.45, 7) is 5.45. The van der Waals surface area contributed by atoms with E-state index in [-0.39, 0.29) is 11.8 Å². The van der Waals surface area contributed by atoms with E-state index in [1.165, 1.54) is 0 Å². The SMILES string of the molecule is CCC(C)[C@H](NC(=O)c1ccc(Cl)cc1C)C(=O)O. The second kappa shape index (κ2) is 6.57. The Morgan fingerprint density at radius 1 is 1.42 bits per heavy atom. The largest absolute Gasteiger partial charge is 0.480 e. The van der Waals surface area contributed by atoms with Crippen molar-refractivity contribution in [1.82, 2.24) is 5.32 Å². The van der Waals surface area contributed by atoms with E-state index in [0.29, 0.717) is 17.0 Å². The summed E-state index contributed by atoms with van der Waals surface area (Å²) in [5.74, 6) is -1.54. The molecule has 2 atom stereocenters. The van der Waals surface area contributed by atoms with E-state index in [1.54, 1.807) is 32.0 Å². The molecule has 1 amide bonds. The van der Waals surface area contributed by atoms with Crippen LogP contribution in [0, 0.1) is 12.8 Å². The number of aliphatic carboxylic acids is 1. The lowest BCUT2D eigenvalue weighted by atomic mass is 9.98. The summed E-state index contributed by atoms with van der Waals surface area (Å²) in [7, 11) is 0. The van der Waals surface area contributed by atoms with Crippen molar-refractivity contribution in [2.24, 2.45) is 5.92 Å². The number of amides is 1. The predicted molar refractivity (Wildman–Crippen MR) is 74.5 cm³/mol. The zero-order valence-electron chi connectivity index (χ0n) is 11.2. The summed E-state index contributed by atoms with van der Waals surface area (Å²) in [6.07, 6.45) is 0.677. The molecule has 1 rings (SSSR count). The molecular weight excluding hydrogens is 266 g/mol. The van der Waals surface area contributed by atoms with E-state index in [2.05, 4.69) is 5.32 Å². The minimum absolute atomic E-state index is 0.131. The summed E-state index contributed by atoms with van der Waals surface area (Å²) >= 11 is 5.82. The molecule has 1 aromatic carbocycles. The van der Waals surface area contributed by atoms with Gasteiger partial charge in [-0.15, -0.1) is 0 Å². The third-order valence-electron chi connectivity index (χ3n) is 3.20. The maximum absolute atomic E-state index is 12.1. The lowest BCUT2D eigenvalue weighted by Crippen LogP contribution is -2.45. The summed E-state index contributed by atoms with van der Waals surface area (Å²) in [4.78, 5) is 23.3. The number of carboxylic acid groups (broad SMARTS) is 1. The van der Waals surface area contributed by atoms with Crippen LogP contribution >= 0.6 is 11.6 Å². The quantitative estimate of drug-likeness (QED) is 0.873. The molecule has 1 unspecified atom stereocenters. The fourth-order valence-corrected chi connectivity index (χ4v) is 2.01. The van der Waals surface area contributed by atoms with Gasteiger partial charge in [-0.05, 0) is 36.6 Å². The Labute approximate surface area is 117 Å². The van der Waals surface area contributed by atoms with Crippen molar-refractivity contribution < 1.29 is 14.7 Å². The predicted octanol–water partition coefficient (Wildman–Crippen LogP) is 2.88. The maximum atomic E-state index is 12.1. The average molecular weight is 284 g/mol. The van der Waals surface area contributed by atoms with Crippen LogP contribution in [0.25, 0.3) is 0 Å². The minimum atomic E-state index is -1.02. The molecule has 0 aliphatic rings. The number of hydrogen-bond acceptors (Lipinski definition) is 2. The molecule has 1 aromatic rings. The van der Waals surface area contributed by atoms with Crippen molar-refractivity contribution in [2.45, 2.75) is 33.2 Å². The first kappa shape index (κ1) is 15.5. The van der Waals surface area contributed by atoms with Crippen LogP contribution in [0.2, 0.25) is 5.02 Å². The van der Waals surface area contributed by atoms with Gasteiger partial charge >= 0.3 is 5.97 Å². The standard InChI is InChI=1S/C14H18ClNO3/c1-4-8(2)12(14(18)19)16-13(17)11-6-5-10(15)7-9(11)3/h5-8,12H,4H2,1-3H3,(H,16,17)(H,18,19)/t8?,12-/m0/s1. The van der Waals surface area contributed by atoms with Gasteiger partial charge in [-0.3, -0.25) is 4.79 Å². The number of nitrogens with one attached hydrogen (secondary N) is 1. The van der Waals surface area contributed by atoms with Gasteiger partial charge in [0.2, 0.25) is 0 Å². The van der Waals surface area contributed by atoms with Crippen molar-refractivity contribution in [3.05, 3.63) is 34.3 Å². The Hall–Kier alpha value is -1.55. The molecule has 0 aromatic heterocycles. The van der Waals surface area contributed by atoms with E-state index < -0.39 is 12.0 Å². The topological polar surface area (TPSA) is 66.4 Å². The highest BCUT2D eigenvalue weighted by Gasteiger charge is 2.26. The van der Waals surface area contributed by atoms with Gasteiger partial charge in [0.05, 0.1) is 0 Å². The lowest BCUT2D eigenvalue weighted by Gasteiger charge is -2.20. The van der Waals surface area contributed by atoms with Crippen LogP contribution in [0.5, 0.6) is 0 Å². The summed E-state index contributed by atoms with van der Waals surface area (Å²) < 4.78 is 0. The van der Waals surface area contributed by atoms with Crippen molar-refractivity contribution in [1.29, 1.82) is 0 Å². The van der Waals surface area contributed by atoms with Gasteiger partial charge in [0.15, 0.2) is 0 Å². The van der Waals surface area contributed by atoms with Crippen molar-refractivity contribution >= 4 is 23.5 Å². The second-order valence-electron chi connectivity index (χ2n) is 4.63. The van der Waals surface area contributed by atoms with Crippen LogP contribution in [0.4, 0.5) is 0 Å². The van der Waals surface area contributed by atoms with E-state index in [4.69, 9.17) is 16.7 Å². The average Bonchev–Trinajstić information content (AvgIpc) is 2.34. The van der Waals surface area contributed by atoms with Gasteiger partial charge in [0.25, 0.3) is 5.91 Å². The number of carbonyl (C=O) groups excluding carboxylic acids is 1. The molecular formula is C14H18ClNO3. The maximum Gasteiger partial charge on any atom is 0.326 e. The monoisotopic (exact) mass is 283 g/mol. The van der Waals surface area contributed by atoms with Crippen molar-refractivity contribution in [3.63, 3.8) is 0 Å². The molecule has 104 valence electrons. The highest BCUT2D eigenvalue weighted by molar-refractivity contribution is 6.30. The number of carbonyl (C=O) groups is 2. The molecule has 0 radical (unpaired) electrons. The number of halogens is 1. The van der Waals surface area contributed by atoms with E-state index in [9.17, 15) is 9.59 Å². The molecule has 0 bridgehead atoms. The number of benzene rings is 1. The summed E-state index contributed by atoms with van der Waals surface area (Å²) in [6, 6.07) is 4.01. The molecule has 0 aliphatic heterocycles. The van der Waals surface area contributed by atoms with E-state index in [1.807, 2.05) is 6.92 Å². The second-order valence-corrected chi connectivity index (χ2v) is 5.07. The number of hydrogen-bond donors (Lipinski definition) is 2. The highest BCUT2D eigenvalue weighted by Crippen LogP contribution is 2.16. The molecule has 0 saturated heterocycles. The molecule has 0 aliphatic carbocycles. The molecule has 0 saturated carbocycles. The fraction of sp³-hybridized carbons (Fsp3) is 0.429. The molecule has 0 spiro atoms. The van der Waals surface area contributed by atoms with Crippen LogP contribution in [0.1, 0.15) is 36.2 Å². The lowest BCUT2D eigenvalue weighted by molar-refractivity contribution is -0.140. The Morgan fingerprint density at radius 2 is 2.05 bits per heavy atom. The molecule has 0 fully saturated rings. The first-order valence-electron chi connectivity index (χ1n) is 6.16. The third kappa shape index (κ3) is 3.96. The van der Waals surface area contributed by atoms with Gasteiger partial charge in [-0.2, -0.15) is 0 Å².